The minimum Gasteiger partial charge on any atom is -0.481 e. The number of rotatable bonds is 15. The summed E-state index contributed by atoms with van der Waals surface area (Å²) in [4.78, 5) is 23.3. The Morgan fingerprint density at radius 1 is 1.03 bits per heavy atom. The molecular formula is C22H45N3O5. The van der Waals surface area contributed by atoms with Crippen LogP contribution in [0.3, 0.4) is 0 Å². The molecule has 8 nitrogen and oxygen atoms in total. The normalized spacial score (nSPS) is 11.2. The van der Waals surface area contributed by atoms with Crippen molar-refractivity contribution in [2.45, 2.75) is 68.2 Å². The van der Waals surface area contributed by atoms with Crippen molar-refractivity contribution in [3.63, 3.8) is 0 Å². The molecule has 8 heteroatoms. The van der Waals surface area contributed by atoms with Gasteiger partial charge < -0.3 is 24.9 Å². The zero-order valence-electron chi connectivity index (χ0n) is 20.3. The summed E-state index contributed by atoms with van der Waals surface area (Å²) in [7, 11) is 0. The molecule has 0 aromatic rings. The van der Waals surface area contributed by atoms with Gasteiger partial charge in [-0.3, -0.25) is 9.59 Å². The summed E-state index contributed by atoms with van der Waals surface area (Å²) >= 11 is 0. The van der Waals surface area contributed by atoms with Gasteiger partial charge in [-0.2, -0.15) is 0 Å². The third kappa shape index (κ3) is 17.2. The molecular weight excluding hydrogens is 386 g/mol. The summed E-state index contributed by atoms with van der Waals surface area (Å²) in [5.74, 6) is 4.79. The molecule has 0 aliphatic rings. The standard InChI is InChI=1S/C20H39N3O5.C2H6/c1-16(2)14-23(21)8-10-28-12-11-27-9-7-22-17(24)13-19(3,4)15-20(5,6)18(25)26;1-2/h14H,7-13,15,21H2,1-6H3,(H,22,24)(H,25,26);1-2H3. The van der Waals surface area contributed by atoms with E-state index in [0.717, 1.165) is 5.57 Å². The van der Waals surface area contributed by atoms with Crippen molar-refractivity contribution in [3.8, 4) is 0 Å². The zero-order valence-corrected chi connectivity index (χ0v) is 20.3. The highest BCUT2D eigenvalue weighted by Gasteiger charge is 2.35. The van der Waals surface area contributed by atoms with E-state index in [1.807, 2.05) is 47.7 Å². The van der Waals surface area contributed by atoms with Gasteiger partial charge in [-0.15, -0.1) is 0 Å². The van der Waals surface area contributed by atoms with Crippen LogP contribution in [0.15, 0.2) is 11.8 Å². The number of hydrazine groups is 1. The number of amides is 1. The number of carbonyl (C=O) groups is 2. The van der Waals surface area contributed by atoms with Crippen LogP contribution in [0.25, 0.3) is 0 Å². The first-order valence-corrected chi connectivity index (χ1v) is 10.7. The van der Waals surface area contributed by atoms with Crippen molar-refractivity contribution in [2.24, 2.45) is 16.7 Å². The molecule has 0 aliphatic carbocycles. The zero-order chi connectivity index (χ0) is 23.8. The molecule has 0 saturated carbocycles. The maximum atomic E-state index is 12.1. The fourth-order valence-electron chi connectivity index (χ4n) is 2.98. The van der Waals surface area contributed by atoms with Gasteiger partial charge in [0.25, 0.3) is 0 Å². The minimum absolute atomic E-state index is 0.103. The molecule has 0 fully saturated rings. The van der Waals surface area contributed by atoms with E-state index in [1.165, 1.54) is 0 Å². The lowest BCUT2D eigenvalue weighted by Gasteiger charge is -2.31. The molecule has 1 amide bonds. The second kappa shape index (κ2) is 16.1. The number of nitrogens with two attached hydrogens (primary N) is 1. The Balaban J connectivity index is 0. The van der Waals surface area contributed by atoms with Crippen molar-refractivity contribution in [1.29, 1.82) is 0 Å². The first kappa shape index (κ1) is 30.6. The molecule has 0 saturated heterocycles. The lowest BCUT2D eigenvalue weighted by atomic mass is 9.73. The Bertz CT molecular complexity index is 515. The smallest absolute Gasteiger partial charge is 0.309 e. The van der Waals surface area contributed by atoms with E-state index in [1.54, 1.807) is 18.9 Å². The number of nitrogens with zero attached hydrogens (tertiary/aromatic N) is 1. The number of carboxylic acids is 1. The number of nitrogens with one attached hydrogen (secondary N) is 1. The number of ether oxygens (including phenoxy) is 2. The lowest BCUT2D eigenvalue weighted by Crippen LogP contribution is -2.35. The van der Waals surface area contributed by atoms with Crippen LogP contribution < -0.4 is 11.2 Å². The molecule has 0 radical (unpaired) electrons. The maximum Gasteiger partial charge on any atom is 0.309 e. The van der Waals surface area contributed by atoms with Crippen LogP contribution in [0.2, 0.25) is 0 Å². The molecule has 0 aromatic carbocycles. The van der Waals surface area contributed by atoms with Gasteiger partial charge in [-0.25, -0.2) is 5.84 Å². The lowest BCUT2D eigenvalue weighted by molar-refractivity contribution is -0.149. The monoisotopic (exact) mass is 431 g/mol. The van der Waals surface area contributed by atoms with Crippen molar-refractivity contribution >= 4 is 11.9 Å². The summed E-state index contributed by atoms with van der Waals surface area (Å²) in [6.45, 7) is 18.0. The second-order valence-corrected chi connectivity index (χ2v) is 8.73. The number of carbonyl (C=O) groups excluding carboxylic acids is 1. The summed E-state index contributed by atoms with van der Waals surface area (Å²) in [5, 5.41) is 13.6. The predicted molar refractivity (Wildman–Crippen MR) is 121 cm³/mol. The summed E-state index contributed by atoms with van der Waals surface area (Å²) in [5.41, 5.74) is -0.135. The summed E-state index contributed by atoms with van der Waals surface area (Å²) in [6.07, 6.45) is 2.55. The number of hydrogen-bond donors (Lipinski definition) is 3. The van der Waals surface area contributed by atoms with Gasteiger partial charge in [0.05, 0.1) is 38.4 Å². The highest BCUT2D eigenvalue weighted by Crippen LogP contribution is 2.36. The van der Waals surface area contributed by atoms with E-state index < -0.39 is 16.8 Å². The molecule has 30 heavy (non-hydrogen) atoms. The molecule has 178 valence electrons. The predicted octanol–water partition coefficient (Wildman–Crippen LogP) is 3.18. The minimum atomic E-state index is -0.862. The highest BCUT2D eigenvalue weighted by atomic mass is 16.5. The van der Waals surface area contributed by atoms with E-state index >= 15 is 0 Å². The first-order valence-electron chi connectivity index (χ1n) is 10.7. The van der Waals surface area contributed by atoms with Gasteiger partial charge in [0.2, 0.25) is 5.91 Å². The van der Waals surface area contributed by atoms with Crippen LogP contribution in [0.5, 0.6) is 0 Å². The largest absolute Gasteiger partial charge is 0.481 e. The molecule has 0 aliphatic heterocycles. The molecule has 0 rings (SSSR count). The summed E-state index contributed by atoms with van der Waals surface area (Å²) in [6, 6.07) is 0. The molecule has 0 heterocycles. The van der Waals surface area contributed by atoms with Gasteiger partial charge >= 0.3 is 5.97 Å². The molecule has 0 aromatic heterocycles. The van der Waals surface area contributed by atoms with E-state index in [9.17, 15) is 14.7 Å². The quantitative estimate of drug-likeness (QED) is 0.207. The van der Waals surface area contributed by atoms with E-state index in [-0.39, 0.29) is 12.3 Å². The third-order valence-electron chi connectivity index (χ3n) is 4.00. The fraction of sp³-hybridized carbons (Fsp3) is 0.818. The van der Waals surface area contributed by atoms with Crippen LogP contribution >= 0.6 is 0 Å². The van der Waals surface area contributed by atoms with Gasteiger partial charge in [0.1, 0.15) is 0 Å². The maximum absolute atomic E-state index is 12.1. The summed E-state index contributed by atoms with van der Waals surface area (Å²) < 4.78 is 10.9. The Morgan fingerprint density at radius 2 is 1.57 bits per heavy atom. The topological polar surface area (TPSA) is 114 Å². The van der Waals surface area contributed by atoms with Gasteiger partial charge in [0.15, 0.2) is 0 Å². The Morgan fingerprint density at radius 3 is 2.07 bits per heavy atom. The van der Waals surface area contributed by atoms with Crippen molar-refractivity contribution < 1.29 is 24.2 Å². The average Bonchev–Trinajstić information content (AvgIpc) is 2.59. The average molecular weight is 432 g/mol. The number of allylic oxidation sites excluding steroid dienone is 1. The van der Waals surface area contributed by atoms with Crippen LogP contribution in [-0.2, 0) is 19.1 Å². The van der Waals surface area contributed by atoms with Crippen molar-refractivity contribution in [1.82, 2.24) is 10.3 Å². The Kier molecular flexibility index (Phi) is 16.4. The second-order valence-electron chi connectivity index (χ2n) is 8.73. The fourth-order valence-corrected chi connectivity index (χ4v) is 2.98. The van der Waals surface area contributed by atoms with Gasteiger partial charge in [-0.1, -0.05) is 33.3 Å². The van der Waals surface area contributed by atoms with E-state index in [2.05, 4.69) is 5.32 Å². The molecule has 0 unspecified atom stereocenters. The van der Waals surface area contributed by atoms with E-state index in [4.69, 9.17) is 15.3 Å². The van der Waals surface area contributed by atoms with Gasteiger partial charge in [-0.05, 0) is 39.5 Å². The van der Waals surface area contributed by atoms with Crippen LogP contribution in [-0.4, -0.2) is 61.5 Å². The van der Waals surface area contributed by atoms with Crippen LogP contribution in [0.1, 0.15) is 68.2 Å². The Labute approximate surface area is 183 Å². The first-order chi connectivity index (χ1) is 13.9. The number of aliphatic carboxylic acids is 1. The Hall–Kier alpha value is -1.64. The van der Waals surface area contributed by atoms with E-state index in [0.29, 0.717) is 45.9 Å². The van der Waals surface area contributed by atoms with Crippen LogP contribution in [0, 0.1) is 10.8 Å². The third-order valence-corrected chi connectivity index (χ3v) is 4.00. The molecule has 0 atom stereocenters. The molecule has 4 N–H and O–H groups in total. The van der Waals surface area contributed by atoms with Crippen molar-refractivity contribution in [3.05, 3.63) is 11.8 Å². The number of hydrogen-bond acceptors (Lipinski definition) is 6. The van der Waals surface area contributed by atoms with Gasteiger partial charge in [0, 0.05) is 19.2 Å². The number of carboxylic acid groups (broad SMARTS) is 1. The van der Waals surface area contributed by atoms with Crippen LogP contribution in [0.4, 0.5) is 0 Å². The molecule has 0 spiro atoms. The molecule has 0 bridgehead atoms. The van der Waals surface area contributed by atoms with Crippen molar-refractivity contribution in [2.75, 3.05) is 39.5 Å². The SMILES string of the molecule is CC.CC(C)=CN(N)CCOCCOCCNC(=O)CC(C)(C)CC(C)(C)C(=O)O. The highest BCUT2D eigenvalue weighted by molar-refractivity contribution is 5.77.